The zero-order valence-corrected chi connectivity index (χ0v) is 14.3. The second-order valence-electron chi connectivity index (χ2n) is 6.67. The first-order valence-electron chi connectivity index (χ1n) is 8.97. The van der Waals surface area contributed by atoms with Crippen molar-refractivity contribution in [3.8, 4) is 0 Å². The van der Waals surface area contributed by atoms with Crippen molar-refractivity contribution < 1.29 is 14.4 Å². The largest absolute Gasteiger partial charge is 0.356 e. The standard InChI is InChI=1S/C20H24N2O3/c23-18(21-13-12-15-7-2-1-3-8-15)11-6-14-22-19(24)16-9-4-5-10-17(16)20(22)25/h1-5,7-8,16-17H,6,9-14H2,(H,21,23)/t16-,17-/m1/s1. The predicted octanol–water partition coefficient (Wildman–Crippen LogP) is 2.08. The fourth-order valence-corrected chi connectivity index (χ4v) is 3.57. The minimum Gasteiger partial charge on any atom is -0.356 e. The van der Waals surface area contributed by atoms with Crippen molar-refractivity contribution in [1.29, 1.82) is 0 Å². The molecule has 5 heteroatoms. The molecule has 132 valence electrons. The molecule has 3 rings (SSSR count). The van der Waals surface area contributed by atoms with Crippen molar-refractivity contribution in [2.45, 2.75) is 32.1 Å². The number of likely N-dealkylation sites (tertiary alicyclic amines) is 1. The number of nitrogens with one attached hydrogen (secondary N) is 1. The maximum absolute atomic E-state index is 12.3. The van der Waals surface area contributed by atoms with Crippen LogP contribution in [0.1, 0.15) is 31.2 Å². The number of carbonyl (C=O) groups is 3. The summed E-state index contributed by atoms with van der Waals surface area (Å²) in [7, 11) is 0. The molecular weight excluding hydrogens is 316 g/mol. The van der Waals surface area contributed by atoms with Gasteiger partial charge in [0.05, 0.1) is 11.8 Å². The number of benzene rings is 1. The van der Waals surface area contributed by atoms with Crippen LogP contribution in [0.2, 0.25) is 0 Å². The highest BCUT2D eigenvalue weighted by molar-refractivity contribution is 6.05. The van der Waals surface area contributed by atoms with Gasteiger partial charge >= 0.3 is 0 Å². The summed E-state index contributed by atoms with van der Waals surface area (Å²) < 4.78 is 0. The minimum absolute atomic E-state index is 0.0332. The lowest BCUT2D eigenvalue weighted by molar-refractivity contribution is -0.140. The fourth-order valence-electron chi connectivity index (χ4n) is 3.57. The van der Waals surface area contributed by atoms with Crippen molar-refractivity contribution in [2.75, 3.05) is 13.1 Å². The molecule has 3 amide bonds. The van der Waals surface area contributed by atoms with Crippen molar-refractivity contribution in [3.63, 3.8) is 0 Å². The topological polar surface area (TPSA) is 66.5 Å². The van der Waals surface area contributed by atoms with Gasteiger partial charge in [0.2, 0.25) is 17.7 Å². The van der Waals surface area contributed by atoms with Gasteiger partial charge in [0.15, 0.2) is 0 Å². The fraction of sp³-hybridized carbons (Fsp3) is 0.450. The summed E-state index contributed by atoms with van der Waals surface area (Å²) in [5, 5.41) is 2.89. The molecule has 1 aromatic carbocycles. The normalized spacial score (nSPS) is 22.2. The molecule has 0 bridgehead atoms. The van der Waals surface area contributed by atoms with Crippen LogP contribution >= 0.6 is 0 Å². The highest BCUT2D eigenvalue weighted by Crippen LogP contribution is 2.35. The first-order valence-corrected chi connectivity index (χ1v) is 8.97. The average Bonchev–Trinajstić information content (AvgIpc) is 2.88. The van der Waals surface area contributed by atoms with Gasteiger partial charge in [-0.05, 0) is 31.2 Å². The Balaban J connectivity index is 1.37. The van der Waals surface area contributed by atoms with Crippen LogP contribution in [0.5, 0.6) is 0 Å². The SMILES string of the molecule is O=C(CCCN1C(=O)[C@@H]2CC=CC[C@H]2C1=O)NCCc1ccccc1. The second-order valence-corrected chi connectivity index (χ2v) is 6.67. The number of amides is 3. The lowest BCUT2D eigenvalue weighted by Crippen LogP contribution is -2.33. The van der Waals surface area contributed by atoms with E-state index in [-0.39, 0.29) is 29.6 Å². The van der Waals surface area contributed by atoms with E-state index in [1.165, 1.54) is 10.5 Å². The van der Waals surface area contributed by atoms with Crippen molar-refractivity contribution in [2.24, 2.45) is 11.8 Å². The number of allylic oxidation sites excluding steroid dienone is 2. The first-order chi connectivity index (χ1) is 12.2. The molecule has 2 aliphatic rings. The lowest BCUT2D eigenvalue weighted by atomic mass is 9.85. The number of hydrogen-bond donors (Lipinski definition) is 1. The van der Waals surface area contributed by atoms with E-state index in [1.54, 1.807) is 0 Å². The summed E-state index contributed by atoms with van der Waals surface area (Å²) in [5.41, 5.74) is 1.19. The van der Waals surface area contributed by atoms with Crippen LogP contribution in [0.15, 0.2) is 42.5 Å². The zero-order chi connectivity index (χ0) is 17.6. The summed E-state index contributed by atoms with van der Waals surface area (Å²) in [4.78, 5) is 37.9. The van der Waals surface area contributed by atoms with Crippen molar-refractivity contribution >= 4 is 17.7 Å². The Morgan fingerprint density at radius 1 is 1.04 bits per heavy atom. The molecule has 1 aromatic rings. The van der Waals surface area contributed by atoms with E-state index in [0.717, 1.165) is 6.42 Å². The molecule has 1 fully saturated rings. The molecule has 1 heterocycles. The Kier molecular flexibility index (Phi) is 5.64. The summed E-state index contributed by atoms with van der Waals surface area (Å²) >= 11 is 0. The Morgan fingerprint density at radius 2 is 1.68 bits per heavy atom. The van der Waals surface area contributed by atoms with Crippen LogP contribution in [0.4, 0.5) is 0 Å². The summed E-state index contributed by atoms with van der Waals surface area (Å²) in [6, 6.07) is 9.99. The number of carbonyl (C=O) groups excluding carboxylic acids is 3. The molecule has 1 saturated heterocycles. The molecule has 25 heavy (non-hydrogen) atoms. The summed E-state index contributed by atoms with van der Waals surface area (Å²) in [5.74, 6) is -0.531. The van der Waals surface area contributed by atoms with Crippen LogP contribution in [-0.4, -0.2) is 35.7 Å². The van der Waals surface area contributed by atoms with Crippen LogP contribution in [0, 0.1) is 11.8 Å². The van der Waals surface area contributed by atoms with Crippen LogP contribution in [0.3, 0.4) is 0 Å². The number of nitrogens with zero attached hydrogens (tertiary/aromatic N) is 1. The monoisotopic (exact) mass is 340 g/mol. The van der Waals surface area contributed by atoms with E-state index in [4.69, 9.17) is 0 Å². The molecular formula is C20H24N2O3. The van der Waals surface area contributed by atoms with Gasteiger partial charge in [0.1, 0.15) is 0 Å². The van der Waals surface area contributed by atoms with Gasteiger partial charge in [-0.2, -0.15) is 0 Å². The molecule has 1 N–H and O–H groups in total. The van der Waals surface area contributed by atoms with E-state index >= 15 is 0 Å². The Morgan fingerprint density at radius 3 is 2.32 bits per heavy atom. The zero-order valence-electron chi connectivity index (χ0n) is 14.3. The van der Waals surface area contributed by atoms with E-state index in [2.05, 4.69) is 5.32 Å². The quantitative estimate of drug-likeness (QED) is 0.610. The molecule has 0 spiro atoms. The summed E-state index contributed by atoms with van der Waals surface area (Å²) in [6.45, 7) is 0.941. The molecule has 0 radical (unpaired) electrons. The molecule has 0 unspecified atom stereocenters. The maximum Gasteiger partial charge on any atom is 0.233 e. The predicted molar refractivity (Wildman–Crippen MR) is 94.5 cm³/mol. The highest BCUT2D eigenvalue weighted by atomic mass is 16.2. The number of rotatable bonds is 7. The molecule has 0 aromatic heterocycles. The highest BCUT2D eigenvalue weighted by Gasteiger charge is 2.46. The van der Waals surface area contributed by atoms with Crippen LogP contribution in [-0.2, 0) is 20.8 Å². The van der Waals surface area contributed by atoms with E-state index in [9.17, 15) is 14.4 Å². The third-order valence-electron chi connectivity index (χ3n) is 4.96. The minimum atomic E-state index is -0.183. The maximum atomic E-state index is 12.3. The van der Waals surface area contributed by atoms with E-state index < -0.39 is 0 Å². The molecule has 0 saturated carbocycles. The molecule has 1 aliphatic carbocycles. The van der Waals surface area contributed by atoms with Crippen LogP contribution < -0.4 is 5.32 Å². The van der Waals surface area contributed by atoms with E-state index in [1.807, 2.05) is 42.5 Å². The van der Waals surface area contributed by atoms with Gasteiger partial charge in [-0.1, -0.05) is 42.5 Å². The molecule has 1 aliphatic heterocycles. The Labute approximate surface area is 148 Å². The first kappa shape index (κ1) is 17.4. The Hall–Kier alpha value is -2.43. The lowest BCUT2D eigenvalue weighted by Gasteiger charge is -2.14. The van der Waals surface area contributed by atoms with Gasteiger partial charge < -0.3 is 5.32 Å². The smallest absolute Gasteiger partial charge is 0.233 e. The van der Waals surface area contributed by atoms with Crippen molar-refractivity contribution in [1.82, 2.24) is 10.2 Å². The number of hydrogen-bond acceptors (Lipinski definition) is 3. The third kappa shape index (κ3) is 4.16. The number of fused-ring (bicyclic) bond motifs is 1. The average molecular weight is 340 g/mol. The van der Waals surface area contributed by atoms with Gasteiger partial charge in [-0.15, -0.1) is 0 Å². The third-order valence-corrected chi connectivity index (χ3v) is 4.96. The summed E-state index contributed by atoms with van der Waals surface area (Å²) in [6.07, 6.45) is 6.93. The number of imide groups is 1. The molecule has 5 nitrogen and oxygen atoms in total. The Bertz CT molecular complexity index is 643. The second kappa shape index (κ2) is 8.10. The van der Waals surface area contributed by atoms with Gasteiger partial charge in [-0.25, -0.2) is 0 Å². The van der Waals surface area contributed by atoms with Gasteiger partial charge in [0, 0.05) is 19.5 Å². The van der Waals surface area contributed by atoms with E-state index in [0.29, 0.717) is 38.8 Å². The molecule has 2 atom stereocenters. The van der Waals surface area contributed by atoms with Gasteiger partial charge in [0.25, 0.3) is 0 Å². The van der Waals surface area contributed by atoms with Crippen LogP contribution in [0.25, 0.3) is 0 Å². The van der Waals surface area contributed by atoms with Crippen molar-refractivity contribution in [3.05, 3.63) is 48.0 Å². The van der Waals surface area contributed by atoms with Gasteiger partial charge in [-0.3, -0.25) is 19.3 Å².